The summed E-state index contributed by atoms with van der Waals surface area (Å²) >= 11 is 0. The summed E-state index contributed by atoms with van der Waals surface area (Å²) in [5, 5.41) is 2.26. The van der Waals surface area contributed by atoms with E-state index in [9.17, 15) is 0 Å². The van der Waals surface area contributed by atoms with Crippen LogP contribution in [0.5, 0.6) is 11.5 Å². The zero-order chi connectivity index (χ0) is 59.5. The maximum atomic E-state index is 9.04. The van der Waals surface area contributed by atoms with Crippen molar-refractivity contribution in [1.82, 2.24) is 4.57 Å². The topological polar surface area (TPSA) is 17.4 Å². The van der Waals surface area contributed by atoms with Gasteiger partial charge in [0, 0.05) is 33.5 Å². The standard InChI is InChI=1S/C79H56N2O/c1-4-54-24-30-58(31-25-54)61-34-48-77-73(51-61)74-52-62(35-49-78(74)81(77)66-38-26-55(5-2)27-39-66)59-32-40-65(41-33-59)80(67-21-15-18-60(50-67)57-16-9-7-10-17-57)68-42-47-72-71-22-13-14-23-75(71)79(76(72)53-68,63-19-11-8-12-20-63)64-36-45-70(46-37-64)82-69-43-28-56(6-3)29-44-69/h4-53H,1-3H2/i7D,9D,10D,16D,17D. The van der Waals surface area contributed by atoms with Crippen LogP contribution >= 0.6 is 0 Å². The molecule has 0 bridgehead atoms. The number of rotatable bonds is 14. The highest BCUT2D eigenvalue weighted by Crippen LogP contribution is 2.57. The van der Waals surface area contributed by atoms with E-state index in [4.69, 9.17) is 11.6 Å². The first kappa shape index (κ1) is 44.2. The Labute approximate surface area is 486 Å². The second-order valence-electron chi connectivity index (χ2n) is 20.6. The van der Waals surface area contributed by atoms with Crippen LogP contribution < -0.4 is 9.64 Å². The molecule has 0 saturated carbocycles. The summed E-state index contributed by atoms with van der Waals surface area (Å²) < 4.78 is 52.5. The van der Waals surface area contributed by atoms with Crippen molar-refractivity contribution in [2.24, 2.45) is 0 Å². The maximum absolute atomic E-state index is 9.04. The summed E-state index contributed by atoms with van der Waals surface area (Å²) in [6.45, 7) is 11.9. The highest BCUT2D eigenvalue weighted by atomic mass is 16.5. The van der Waals surface area contributed by atoms with Crippen LogP contribution in [0, 0.1) is 0 Å². The van der Waals surface area contributed by atoms with Gasteiger partial charge in [0.25, 0.3) is 0 Å². The molecular formula is C79H56N2O. The zero-order valence-electron chi connectivity index (χ0n) is 49.9. The number of aromatic nitrogens is 1. The summed E-state index contributed by atoms with van der Waals surface area (Å²) in [4.78, 5) is 2.20. The number of ether oxygens (including phenoxy) is 1. The molecule has 0 saturated heterocycles. The summed E-state index contributed by atoms with van der Waals surface area (Å²) in [7, 11) is 0. The van der Waals surface area contributed by atoms with Gasteiger partial charge in [-0.25, -0.2) is 0 Å². The Morgan fingerprint density at radius 2 is 0.878 bits per heavy atom. The van der Waals surface area contributed by atoms with Gasteiger partial charge in [0.05, 0.1) is 23.3 Å². The summed E-state index contributed by atoms with van der Waals surface area (Å²) in [5.74, 6) is 1.44. The Hall–Kier alpha value is -10.7. The Bertz CT molecular complexity index is 4830. The van der Waals surface area contributed by atoms with Gasteiger partial charge in [-0.1, -0.05) is 226 Å². The van der Waals surface area contributed by atoms with Crippen molar-refractivity contribution in [3.63, 3.8) is 0 Å². The van der Waals surface area contributed by atoms with Gasteiger partial charge in [0.1, 0.15) is 11.5 Å². The van der Waals surface area contributed by atoms with Crippen LogP contribution in [-0.4, -0.2) is 4.57 Å². The average molecular weight is 1050 g/mol. The zero-order valence-corrected chi connectivity index (χ0v) is 44.9. The maximum Gasteiger partial charge on any atom is 0.127 e. The molecular weight excluding hydrogens is 993 g/mol. The molecule has 1 aliphatic carbocycles. The highest BCUT2D eigenvalue weighted by Gasteiger charge is 2.46. The molecule has 0 amide bonds. The predicted octanol–water partition coefficient (Wildman–Crippen LogP) is 21.3. The number of hydrogen-bond donors (Lipinski definition) is 0. The van der Waals surface area contributed by atoms with Crippen molar-refractivity contribution in [2.45, 2.75) is 5.41 Å². The van der Waals surface area contributed by atoms with Crippen molar-refractivity contribution in [3.05, 3.63) is 344 Å². The van der Waals surface area contributed by atoms with Gasteiger partial charge in [0.15, 0.2) is 0 Å². The van der Waals surface area contributed by atoms with Crippen LogP contribution in [0.25, 0.3) is 90.2 Å². The predicted molar refractivity (Wildman–Crippen MR) is 346 cm³/mol. The van der Waals surface area contributed by atoms with Gasteiger partial charge in [-0.05, 0) is 181 Å². The summed E-state index contributed by atoms with van der Waals surface area (Å²) in [6, 6.07) is 87.3. The lowest BCUT2D eigenvalue weighted by atomic mass is 9.67. The molecule has 0 fully saturated rings. The summed E-state index contributed by atoms with van der Waals surface area (Å²) in [5.41, 5.74) is 19.7. The van der Waals surface area contributed by atoms with Gasteiger partial charge in [-0.3, -0.25) is 0 Å². The average Bonchev–Trinajstić information content (AvgIpc) is 1.58. The van der Waals surface area contributed by atoms with E-state index in [1.165, 1.54) is 0 Å². The lowest BCUT2D eigenvalue weighted by molar-refractivity contribution is 0.482. The molecule has 12 aromatic carbocycles. The number of hydrogen-bond acceptors (Lipinski definition) is 2. The van der Waals surface area contributed by atoms with E-state index in [2.05, 4.69) is 223 Å². The van der Waals surface area contributed by atoms with Crippen LogP contribution in [0.15, 0.2) is 305 Å². The number of nitrogens with zero attached hydrogens (tertiary/aromatic N) is 2. The van der Waals surface area contributed by atoms with Crippen LogP contribution in [-0.2, 0) is 5.41 Å². The minimum Gasteiger partial charge on any atom is -0.457 e. The van der Waals surface area contributed by atoms with E-state index < -0.39 is 11.5 Å². The molecule has 1 aromatic heterocycles. The van der Waals surface area contributed by atoms with Crippen LogP contribution in [0.3, 0.4) is 0 Å². The van der Waals surface area contributed by atoms with Crippen molar-refractivity contribution in [2.75, 3.05) is 4.90 Å². The molecule has 0 N–H and O–H groups in total. The number of benzene rings is 12. The smallest absolute Gasteiger partial charge is 0.127 e. The minimum absolute atomic E-state index is 0.134. The number of fused-ring (bicyclic) bond motifs is 6. The van der Waals surface area contributed by atoms with Gasteiger partial charge in [0.2, 0.25) is 0 Å². The normalized spacial score (nSPS) is 14.2. The highest BCUT2D eigenvalue weighted by molar-refractivity contribution is 6.11. The summed E-state index contributed by atoms with van der Waals surface area (Å²) in [6.07, 6.45) is 5.54. The third kappa shape index (κ3) is 8.64. The van der Waals surface area contributed by atoms with Crippen molar-refractivity contribution >= 4 is 57.1 Å². The fourth-order valence-corrected chi connectivity index (χ4v) is 12.1. The van der Waals surface area contributed by atoms with Crippen LogP contribution in [0.4, 0.5) is 17.1 Å². The van der Waals surface area contributed by atoms with Crippen LogP contribution in [0.2, 0.25) is 0 Å². The van der Waals surface area contributed by atoms with E-state index in [0.717, 1.165) is 123 Å². The molecule has 14 rings (SSSR count). The lowest BCUT2D eigenvalue weighted by Gasteiger charge is -2.35. The molecule has 3 heteroatoms. The molecule has 1 atom stereocenters. The van der Waals surface area contributed by atoms with Gasteiger partial charge in [-0.15, -0.1) is 0 Å². The molecule has 1 aliphatic rings. The first-order valence-corrected chi connectivity index (χ1v) is 27.5. The van der Waals surface area contributed by atoms with Gasteiger partial charge >= 0.3 is 0 Å². The number of anilines is 3. The van der Waals surface area contributed by atoms with E-state index in [1.807, 2.05) is 78.9 Å². The minimum atomic E-state index is -0.772. The monoisotopic (exact) mass is 1050 g/mol. The molecule has 1 unspecified atom stereocenters. The largest absolute Gasteiger partial charge is 0.457 e. The van der Waals surface area contributed by atoms with Crippen molar-refractivity contribution in [1.29, 1.82) is 0 Å². The fourth-order valence-electron chi connectivity index (χ4n) is 12.1. The van der Waals surface area contributed by atoms with Gasteiger partial charge < -0.3 is 14.2 Å². The molecule has 388 valence electrons. The second kappa shape index (κ2) is 20.8. The molecule has 82 heavy (non-hydrogen) atoms. The van der Waals surface area contributed by atoms with E-state index in [0.29, 0.717) is 11.3 Å². The van der Waals surface area contributed by atoms with E-state index in [1.54, 1.807) is 0 Å². The molecule has 0 aliphatic heterocycles. The third-order valence-electron chi connectivity index (χ3n) is 16.1. The SMILES string of the molecule is [2H]c1c([2H])c([2H])c(-c2cccc(N(c3ccc(-c4ccc5c(c4)c4cc(-c6ccc(C=C)cc6)ccc4n5-c4ccc(C=C)cc4)cc3)c3ccc4c(c3)C(c3ccccc3)(c3ccc(Oc5ccc(C=C)cc5)cc3)c3ccccc3-4)c2)c([2H])c1[2H]. The third-order valence-corrected chi connectivity index (χ3v) is 16.1. The van der Waals surface area contributed by atoms with Gasteiger partial charge in [-0.2, -0.15) is 0 Å². The first-order chi connectivity index (χ1) is 42.5. The van der Waals surface area contributed by atoms with Crippen LogP contribution in [0.1, 0.15) is 45.8 Å². The Morgan fingerprint density at radius 1 is 0.378 bits per heavy atom. The lowest BCUT2D eigenvalue weighted by Crippen LogP contribution is -2.28. The molecule has 0 spiro atoms. The first-order valence-electron chi connectivity index (χ1n) is 30.0. The molecule has 13 aromatic rings. The fraction of sp³-hybridized carbons (Fsp3) is 0.0127. The van der Waals surface area contributed by atoms with Crippen molar-refractivity contribution in [3.8, 4) is 61.7 Å². The van der Waals surface area contributed by atoms with E-state index >= 15 is 0 Å². The quantitative estimate of drug-likeness (QED) is 0.108. The molecule has 0 radical (unpaired) electrons. The second-order valence-corrected chi connectivity index (χ2v) is 20.6. The Morgan fingerprint density at radius 3 is 1.51 bits per heavy atom. The molecule has 1 heterocycles. The Kier molecular flexibility index (Phi) is 11.2. The van der Waals surface area contributed by atoms with Crippen molar-refractivity contribution < 1.29 is 11.6 Å². The van der Waals surface area contributed by atoms with E-state index in [-0.39, 0.29) is 29.7 Å². The Balaban J connectivity index is 0.929. The molecule has 3 nitrogen and oxygen atoms in total.